The van der Waals surface area contributed by atoms with Gasteiger partial charge in [-0.3, -0.25) is 9.59 Å². The number of fused-ring (bicyclic) bond motifs is 7. The van der Waals surface area contributed by atoms with E-state index in [-0.39, 0.29) is 29.5 Å². The van der Waals surface area contributed by atoms with Crippen molar-refractivity contribution in [3.8, 4) is 0 Å². The van der Waals surface area contributed by atoms with E-state index in [0.29, 0.717) is 32.1 Å². The molecule has 5 aliphatic carbocycles. The first-order valence-corrected chi connectivity index (χ1v) is 20.9. The summed E-state index contributed by atoms with van der Waals surface area (Å²) < 4.78 is 23.2. The summed E-state index contributed by atoms with van der Waals surface area (Å²) in [6.45, 7) is 12.0. The highest BCUT2D eigenvalue weighted by Gasteiger charge is 2.71. The Morgan fingerprint density at radius 2 is 1.32 bits per heavy atom. The smallest absolute Gasteiger partial charge is 0.335 e. The Labute approximate surface area is 342 Å². The van der Waals surface area contributed by atoms with Crippen LogP contribution in [0.4, 0.5) is 0 Å². The molecule has 0 aromatic carbocycles. The predicted molar refractivity (Wildman–Crippen MR) is 201 cm³/mol. The third-order valence-corrected chi connectivity index (χ3v) is 17.4. The van der Waals surface area contributed by atoms with Crippen LogP contribution >= 0.6 is 0 Å². The van der Waals surface area contributed by atoms with Crippen LogP contribution in [0.1, 0.15) is 99.3 Å². The number of ketones is 1. The van der Waals surface area contributed by atoms with Crippen LogP contribution < -0.4 is 0 Å². The first kappa shape index (κ1) is 44.5. The maximum atomic E-state index is 14.9. The molecule has 9 N–H and O–H groups in total. The molecule has 0 spiro atoms. The maximum Gasteiger partial charge on any atom is 0.335 e. The fourth-order valence-electron chi connectivity index (χ4n) is 13.4. The molecule has 6 fully saturated rings. The van der Waals surface area contributed by atoms with Crippen molar-refractivity contribution in [2.24, 2.45) is 50.2 Å². The summed E-state index contributed by atoms with van der Waals surface area (Å²) >= 11 is 0. The van der Waals surface area contributed by atoms with Gasteiger partial charge in [-0.1, -0.05) is 40.2 Å². The van der Waals surface area contributed by atoms with Crippen molar-refractivity contribution in [1.82, 2.24) is 0 Å². The van der Waals surface area contributed by atoms with Crippen molar-refractivity contribution >= 4 is 23.7 Å². The Kier molecular flexibility index (Phi) is 11.1. The van der Waals surface area contributed by atoms with Crippen molar-refractivity contribution in [3.05, 3.63) is 11.6 Å². The number of rotatable bonds is 8. The highest BCUT2D eigenvalue weighted by Crippen LogP contribution is 2.75. The summed E-state index contributed by atoms with van der Waals surface area (Å²) in [6.07, 6.45) is -13.8. The number of hydrogen-bond donors (Lipinski definition) is 9. The second-order valence-corrected chi connectivity index (χ2v) is 20.5. The summed E-state index contributed by atoms with van der Waals surface area (Å²) in [6, 6.07) is 0. The van der Waals surface area contributed by atoms with Gasteiger partial charge in [0.05, 0.1) is 18.1 Å². The summed E-state index contributed by atoms with van der Waals surface area (Å²) in [7, 11) is 0. The number of aliphatic hydroxyl groups excluding tert-OH is 6. The molecule has 4 unspecified atom stereocenters. The quantitative estimate of drug-likeness (QED) is 0.155. The molecule has 2 aliphatic heterocycles. The van der Waals surface area contributed by atoms with Gasteiger partial charge in [0.25, 0.3) is 0 Å². The van der Waals surface area contributed by atoms with E-state index in [9.17, 15) is 65.1 Å². The van der Waals surface area contributed by atoms with Crippen LogP contribution in [0.25, 0.3) is 0 Å². The van der Waals surface area contributed by atoms with Crippen LogP contribution in [-0.4, -0.2) is 144 Å². The van der Waals surface area contributed by atoms with E-state index in [2.05, 4.69) is 27.7 Å². The average molecular weight is 839 g/mol. The number of carbonyl (C=O) groups is 4. The third kappa shape index (κ3) is 6.46. The first-order chi connectivity index (χ1) is 27.3. The minimum Gasteiger partial charge on any atom is -0.481 e. The molecule has 2 heterocycles. The number of carboxylic acids is 3. The molecule has 20 atom stereocenters. The number of allylic oxidation sites excluding steroid dienone is 2. The summed E-state index contributed by atoms with van der Waals surface area (Å²) in [5, 5.41) is 94.3. The molecule has 0 amide bonds. The van der Waals surface area contributed by atoms with E-state index in [1.54, 1.807) is 0 Å². The van der Waals surface area contributed by atoms with Gasteiger partial charge in [0.1, 0.15) is 36.6 Å². The average Bonchev–Trinajstić information content (AvgIpc) is 3.16. The lowest BCUT2D eigenvalue weighted by atomic mass is 9.33. The van der Waals surface area contributed by atoms with Gasteiger partial charge in [-0.25, -0.2) is 9.59 Å². The molecule has 332 valence electrons. The molecule has 17 nitrogen and oxygen atoms in total. The maximum absolute atomic E-state index is 14.9. The molecule has 4 saturated carbocycles. The van der Waals surface area contributed by atoms with E-state index in [0.717, 1.165) is 24.8 Å². The molecule has 2 saturated heterocycles. The summed E-state index contributed by atoms with van der Waals surface area (Å²) in [4.78, 5) is 51.4. The van der Waals surface area contributed by atoms with Crippen molar-refractivity contribution in [2.45, 2.75) is 167 Å². The molecular formula is C42H62O17. The number of aliphatic hydroxyl groups is 6. The number of carbonyl (C=O) groups excluding carboxylic acids is 1. The molecule has 7 rings (SSSR count). The fraction of sp³-hybridized carbons (Fsp3) is 0.857. The lowest BCUT2D eigenvalue weighted by molar-refractivity contribution is -0.372. The largest absolute Gasteiger partial charge is 0.481 e. The number of hydrogen-bond acceptors (Lipinski definition) is 14. The van der Waals surface area contributed by atoms with Crippen LogP contribution in [0.15, 0.2) is 11.6 Å². The van der Waals surface area contributed by atoms with Gasteiger partial charge in [0.15, 0.2) is 30.6 Å². The summed E-state index contributed by atoms with van der Waals surface area (Å²) in [5.41, 5.74) is -2.63. The minimum atomic E-state index is -2.10. The molecule has 17 heteroatoms. The SMILES string of the molecule is CC12CC[C@@]3(C)CC[C@](C)(C(=O)O)CC3C1=CC(=O)C1[C@@]3(C)CC[C@H](O[C@@H]4O[C@H](C(=O)O)[C@@H](O)[C@@H](O)[C@H]4O[C@@H]4O[C@H](C(=O)O)[C@@H](O)[C@@H](O)[C@H]4O)[C@](C)(CO)C3CC[C@]12C. The number of carboxylic acid groups (broad SMARTS) is 3. The van der Waals surface area contributed by atoms with Crippen molar-refractivity contribution in [3.63, 3.8) is 0 Å². The number of aliphatic carboxylic acids is 3. The fourth-order valence-corrected chi connectivity index (χ4v) is 13.4. The second-order valence-electron chi connectivity index (χ2n) is 20.5. The van der Waals surface area contributed by atoms with Gasteiger partial charge in [-0.15, -0.1) is 0 Å². The van der Waals surface area contributed by atoms with Crippen LogP contribution in [0.3, 0.4) is 0 Å². The minimum absolute atomic E-state index is 0.0119. The molecule has 59 heavy (non-hydrogen) atoms. The monoisotopic (exact) mass is 838 g/mol. The third-order valence-electron chi connectivity index (χ3n) is 17.4. The Bertz CT molecular complexity index is 1750. The standard InChI is InChI=1S/C42H62O17/c1-37-11-12-38(2,36(54)55)16-19(37)18-15-20(44)31-39(3)9-8-22(40(4,17-43)21(39)7-10-42(31,6)41(18,5)14-13-37)56-35-30(26(48)25(47)29(58-35)33(52)53)59-34-27(49)23(45)24(46)28(57-34)32(50)51/h15,19,21-31,34-35,43,45-49H,7-14,16-17H2,1-6H3,(H,50,51)(H,52,53)(H,54,55)/t19?,21?,22-,23+,24-,25-,26+,27+,28-,29-,30+,31?,34-,35+,37+,38-,39-,40+,41?,42+/m0/s1. The molecule has 0 bridgehead atoms. The Morgan fingerprint density at radius 1 is 0.729 bits per heavy atom. The van der Waals surface area contributed by atoms with Crippen LogP contribution in [-0.2, 0) is 38.1 Å². The topological polar surface area (TPSA) is 287 Å². The molecular weight excluding hydrogens is 776 g/mol. The van der Waals surface area contributed by atoms with Crippen LogP contribution in [0, 0.1) is 50.2 Å². The van der Waals surface area contributed by atoms with Crippen LogP contribution in [0.5, 0.6) is 0 Å². The molecule has 0 aromatic heterocycles. The van der Waals surface area contributed by atoms with Crippen molar-refractivity contribution in [1.29, 1.82) is 0 Å². The van der Waals surface area contributed by atoms with E-state index in [4.69, 9.17) is 18.9 Å². The number of ether oxygens (including phenoxy) is 4. The molecule has 0 aromatic rings. The van der Waals surface area contributed by atoms with E-state index < -0.39 is 125 Å². The van der Waals surface area contributed by atoms with Gasteiger partial charge in [-0.05, 0) is 104 Å². The van der Waals surface area contributed by atoms with Gasteiger partial charge in [-0.2, -0.15) is 0 Å². The predicted octanol–water partition coefficient (Wildman–Crippen LogP) is 1.22. The zero-order valence-corrected chi connectivity index (χ0v) is 34.5. The van der Waals surface area contributed by atoms with Gasteiger partial charge < -0.3 is 64.9 Å². The van der Waals surface area contributed by atoms with E-state index in [1.165, 1.54) is 0 Å². The second kappa shape index (κ2) is 14.8. The lowest BCUT2D eigenvalue weighted by Gasteiger charge is -2.70. The van der Waals surface area contributed by atoms with E-state index >= 15 is 0 Å². The normalized spacial score (nSPS) is 53.5. The highest BCUT2D eigenvalue weighted by atomic mass is 16.8. The Hall–Kier alpha value is -2.58. The van der Waals surface area contributed by atoms with Crippen molar-refractivity contribution in [2.75, 3.05) is 6.61 Å². The van der Waals surface area contributed by atoms with Crippen LogP contribution in [0.2, 0.25) is 0 Å². The van der Waals surface area contributed by atoms with Gasteiger partial charge in [0.2, 0.25) is 0 Å². The zero-order valence-electron chi connectivity index (χ0n) is 34.5. The van der Waals surface area contributed by atoms with Gasteiger partial charge in [0, 0.05) is 11.3 Å². The molecule has 0 radical (unpaired) electrons. The first-order valence-electron chi connectivity index (χ1n) is 20.9. The Balaban J connectivity index is 1.19. The highest BCUT2D eigenvalue weighted by molar-refractivity contribution is 5.95. The summed E-state index contributed by atoms with van der Waals surface area (Å²) in [5.74, 6) is -5.02. The zero-order chi connectivity index (χ0) is 43.6. The van der Waals surface area contributed by atoms with Gasteiger partial charge >= 0.3 is 17.9 Å². The Morgan fingerprint density at radius 3 is 1.92 bits per heavy atom. The lowest BCUT2D eigenvalue weighted by Crippen LogP contribution is -2.69. The van der Waals surface area contributed by atoms with Crippen molar-refractivity contribution < 1.29 is 84.1 Å². The molecule has 7 aliphatic rings. The van der Waals surface area contributed by atoms with E-state index in [1.807, 2.05) is 19.9 Å².